The van der Waals surface area contributed by atoms with Gasteiger partial charge in [0.05, 0.1) is 26.9 Å². The van der Waals surface area contributed by atoms with Gasteiger partial charge in [0.15, 0.2) is 11.0 Å². The lowest BCUT2D eigenvalue weighted by atomic mass is 10.1. The highest BCUT2D eigenvalue weighted by Gasteiger charge is 2.35. The summed E-state index contributed by atoms with van der Waals surface area (Å²) in [5, 5.41) is -0.569. The Hall–Kier alpha value is -1.44. The van der Waals surface area contributed by atoms with E-state index in [1.807, 2.05) is 19.6 Å². The van der Waals surface area contributed by atoms with E-state index in [2.05, 4.69) is 4.98 Å². The number of rotatable bonds is 7. The van der Waals surface area contributed by atoms with Crippen molar-refractivity contribution in [1.29, 1.82) is 0 Å². The molecular weight excluding hydrogens is 388 g/mol. The Balaban J connectivity index is 3.64. The monoisotopic (exact) mass is 407 g/mol. The van der Waals surface area contributed by atoms with Crippen molar-refractivity contribution in [3.63, 3.8) is 0 Å². The van der Waals surface area contributed by atoms with Crippen LogP contribution < -0.4 is 5.19 Å². The van der Waals surface area contributed by atoms with Crippen LogP contribution in [0.2, 0.25) is 29.9 Å². The normalized spacial score (nSPS) is 12.1. The number of Topliss-reactive ketones (excluding diaryl/α,β-unsaturated/α-hetero) is 1. The van der Waals surface area contributed by atoms with E-state index in [1.54, 1.807) is 13.8 Å². The highest BCUT2D eigenvalue weighted by Crippen LogP contribution is 2.25. The molecule has 0 unspecified atom stereocenters. The van der Waals surface area contributed by atoms with Gasteiger partial charge in [-0.2, -0.15) is 0 Å². The molecule has 5 nitrogen and oxygen atoms in total. The topological polar surface area (TPSA) is 65.5 Å². The van der Waals surface area contributed by atoms with Crippen molar-refractivity contribution in [1.82, 2.24) is 4.98 Å². The second-order valence-corrected chi connectivity index (χ2v) is 11.8. The maximum absolute atomic E-state index is 14.6. The molecule has 0 spiro atoms. The molecule has 1 aromatic heterocycles. The zero-order valence-electron chi connectivity index (χ0n) is 14.7. The van der Waals surface area contributed by atoms with E-state index >= 15 is 0 Å². The first kappa shape index (κ1) is 21.6. The van der Waals surface area contributed by atoms with Gasteiger partial charge in [0, 0.05) is 0 Å². The van der Waals surface area contributed by atoms with Crippen molar-refractivity contribution >= 4 is 48.2 Å². The Labute approximate surface area is 157 Å². The minimum Gasteiger partial charge on any atom is -0.500 e. The number of hydrogen-bond acceptors (Lipinski definition) is 5. The molecule has 0 aliphatic heterocycles. The first-order valence-corrected chi connectivity index (χ1v) is 11.9. The number of aromatic nitrogens is 1. The van der Waals surface area contributed by atoms with Gasteiger partial charge in [-0.3, -0.25) is 4.79 Å². The second kappa shape index (κ2) is 8.78. The summed E-state index contributed by atoms with van der Waals surface area (Å²) in [5.74, 6) is -2.49. The number of esters is 1. The van der Waals surface area contributed by atoms with Crippen LogP contribution in [0.5, 0.6) is 0 Å². The van der Waals surface area contributed by atoms with E-state index in [0.29, 0.717) is 0 Å². The van der Waals surface area contributed by atoms with Gasteiger partial charge in [0.1, 0.15) is 17.0 Å². The van der Waals surface area contributed by atoms with Gasteiger partial charge >= 0.3 is 5.97 Å². The SMILES string of the molecule is CCO/C=C(\C(=O)OCC)C(=O)c1c(Cl)nc(Cl)c(F)c1[Si](C)(C)C. The van der Waals surface area contributed by atoms with Crippen LogP contribution in [-0.4, -0.2) is 38.0 Å². The predicted molar refractivity (Wildman–Crippen MR) is 97.9 cm³/mol. The Morgan fingerprint density at radius 2 is 1.76 bits per heavy atom. The summed E-state index contributed by atoms with van der Waals surface area (Å²) in [7, 11) is -2.40. The van der Waals surface area contributed by atoms with Gasteiger partial charge in [-0.25, -0.2) is 14.2 Å². The third kappa shape index (κ3) is 5.02. The first-order chi connectivity index (χ1) is 11.6. The molecule has 0 saturated carbocycles. The number of hydrogen-bond donors (Lipinski definition) is 0. The van der Waals surface area contributed by atoms with Crippen molar-refractivity contribution in [3.05, 3.63) is 33.5 Å². The van der Waals surface area contributed by atoms with Gasteiger partial charge in [0.25, 0.3) is 0 Å². The standard InChI is InChI=1S/C16H20Cl2FNO4Si/c1-6-23-8-9(16(22)24-7-2)12(21)10-13(25(3,4)5)11(19)15(18)20-14(10)17/h8H,6-7H2,1-5H3/b9-8-. The largest absolute Gasteiger partial charge is 0.500 e. The van der Waals surface area contributed by atoms with E-state index in [9.17, 15) is 14.0 Å². The average molecular weight is 408 g/mol. The lowest BCUT2D eigenvalue weighted by Crippen LogP contribution is -2.45. The number of pyridine rings is 1. The summed E-state index contributed by atoms with van der Waals surface area (Å²) in [6.07, 6.45) is 0.997. The molecule has 0 bridgehead atoms. The lowest BCUT2D eigenvalue weighted by molar-refractivity contribution is -0.138. The third-order valence-corrected chi connectivity index (χ3v) is 5.63. The Bertz CT molecular complexity index is 717. The third-order valence-electron chi connectivity index (χ3n) is 3.14. The summed E-state index contributed by atoms with van der Waals surface area (Å²) in [4.78, 5) is 28.8. The van der Waals surface area contributed by atoms with Crippen LogP contribution in [-0.2, 0) is 14.3 Å². The van der Waals surface area contributed by atoms with E-state index in [4.69, 9.17) is 32.7 Å². The van der Waals surface area contributed by atoms with Crippen molar-refractivity contribution in [2.24, 2.45) is 0 Å². The van der Waals surface area contributed by atoms with Crippen LogP contribution in [0.15, 0.2) is 11.8 Å². The zero-order chi connectivity index (χ0) is 19.4. The fourth-order valence-electron chi connectivity index (χ4n) is 2.12. The molecule has 1 heterocycles. The van der Waals surface area contributed by atoms with Gasteiger partial charge in [0.2, 0.25) is 5.78 Å². The average Bonchev–Trinajstić information content (AvgIpc) is 2.49. The molecule has 1 rings (SSSR count). The van der Waals surface area contributed by atoms with Crippen LogP contribution >= 0.6 is 23.2 Å². The smallest absolute Gasteiger partial charge is 0.345 e. The fourth-order valence-corrected chi connectivity index (χ4v) is 4.53. The fraction of sp³-hybridized carbons (Fsp3) is 0.438. The molecule has 0 saturated heterocycles. The first-order valence-electron chi connectivity index (χ1n) is 7.64. The molecule has 0 aliphatic rings. The van der Waals surface area contributed by atoms with Crippen molar-refractivity contribution in [2.45, 2.75) is 33.5 Å². The zero-order valence-corrected chi connectivity index (χ0v) is 17.2. The van der Waals surface area contributed by atoms with Gasteiger partial charge in [-0.05, 0) is 19.0 Å². The summed E-state index contributed by atoms with van der Waals surface area (Å²) < 4.78 is 24.6. The molecule has 9 heteroatoms. The van der Waals surface area contributed by atoms with Crippen LogP contribution in [0.1, 0.15) is 24.2 Å². The van der Waals surface area contributed by atoms with Crippen LogP contribution in [0.4, 0.5) is 4.39 Å². The van der Waals surface area contributed by atoms with Crippen LogP contribution in [0.25, 0.3) is 0 Å². The molecule has 138 valence electrons. The predicted octanol–water partition coefficient (Wildman–Crippen LogP) is 3.74. The second-order valence-electron chi connectivity index (χ2n) is 6.04. The maximum atomic E-state index is 14.6. The molecule has 0 fully saturated rings. The van der Waals surface area contributed by atoms with Crippen molar-refractivity contribution in [2.75, 3.05) is 13.2 Å². The van der Waals surface area contributed by atoms with Crippen LogP contribution in [0, 0.1) is 5.82 Å². The maximum Gasteiger partial charge on any atom is 0.345 e. The molecule has 25 heavy (non-hydrogen) atoms. The van der Waals surface area contributed by atoms with E-state index in [1.165, 1.54) is 0 Å². The molecule has 0 N–H and O–H groups in total. The van der Waals surface area contributed by atoms with Gasteiger partial charge < -0.3 is 9.47 Å². The molecule has 0 aliphatic carbocycles. The molecule has 0 aromatic carbocycles. The number of ether oxygens (including phenoxy) is 2. The molecule has 0 amide bonds. The van der Waals surface area contributed by atoms with Crippen LogP contribution in [0.3, 0.4) is 0 Å². The molecule has 0 atom stereocenters. The number of ketones is 1. The summed E-state index contributed by atoms with van der Waals surface area (Å²) in [6.45, 7) is 9.06. The molecular formula is C16H20Cl2FNO4Si. The summed E-state index contributed by atoms with van der Waals surface area (Å²) in [6, 6.07) is 0. The summed E-state index contributed by atoms with van der Waals surface area (Å²) >= 11 is 11.9. The Morgan fingerprint density at radius 1 is 1.16 bits per heavy atom. The minimum atomic E-state index is -2.40. The number of halogens is 3. The van der Waals surface area contributed by atoms with Crippen molar-refractivity contribution in [3.8, 4) is 0 Å². The Morgan fingerprint density at radius 3 is 2.24 bits per heavy atom. The minimum absolute atomic E-state index is 0.0669. The van der Waals surface area contributed by atoms with Crippen molar-refractivity contribution < 1.29 is 23.5 Å². The molecule has 0 radical (unpaired) electrons. The van der Waals surface area contributed by atoms with Gasteiger partial charge in [-0.1, -0.05) is 42.8 Å². The quantitative estimate of drug-likeness (QED) is 0.101. The summed E-state index contributed by atoms with van der Waals surface area (Å²) in [5.41, 5.74) is -0.560. The van der Waals surface area contributed by atoms with E-state index < -0.39 is 30.8 Å². The number of carbonyl (C=O) groups excluding carboxylic acids is 2. The number of carbonyl (C=O) groups is 2. The van der Waals surface area contributed by atoms with E-state index in [0.717, 1.165) is 6.26 Å². The highest BCUT2D eigenvalue weighted by atomic mass is 35.5. The molecule has 1 aromatic rings. The van der Waals surface area contributed by atoms with E-state index in [-0.39, 0.29) is 34.7 Å². The Kier molecular flexibility index (Phi) is 7.58. The number of nitrogens with zero attached hydrogens (tertiary/aromatic N) is 1. The highest BCUT2D eigenvalue weighted by molar-refractivity contribution is 6.90. The lowest BCUT2D eigenvalue weighted by Gasteiger charge is -2.22. The van der Waals surface area contributed by atoms with Gasteiger partial charge in [-0.15, -0.1) is 0 Å².